The molecule has 0 spiro atoms. The Morgan fingerprint density at radius 1 is 0.346 bits per heavy atom. The zero-order chi connectivity index (χ0) is 93.4. The van der Waals surface area contributed by atoms with Gasteiger partial charge in [0.05, 0.1) is 68.5 Å². The topological polar surface area (TPSA) is 484 Å². The number of carbonyl (C=O) groups is 5. The molecular weight excluding hydrogens is 1690 g/mol. The fourth-order valence-corrected chi connectivity index (χ4v) is 31.3. The van der Waals surface area contributed by atoms with Gasteiger partial charge in [-0.15, -0.1) is 0 Å². The van der Waals surface area contributed by atoms with Crippen LogP contribution in [0.4, 0.5) is 0 Å². The zero-order valence-corrected chi connectivity index (χ0v) is 77.2. The van der Waals surface area contributed by atoms with Crippen molar-refractivity contribution in [1.29, 1.82) is 0 Å². The Morgan fingerprint density at radius 3 is 1.00 bits per heavy atom. The normalized spacial score (nSPS) is 36.9. The molecule has 7 saturated carbocycles. The zero-order valence-electron chi connectivity index (χ0n) is 77.2. The summed E-state index contributed by atoms with van der Waals surface area (Å²) in [6.07, 6.45) is 35.0. The molecule has 10 bridgehead atoms. The summed E-state index contributed by atoms with van der Waals surface area (Å²) in [5.41, 5.74) is 29.2. The summed E-state index contributed by atoms with van der Waals surface area (Å²) in [6.45, 7) is 9.29. The lowest BCUT2D eigenvalue weighted by molar-refractivity contribution is -0.185. The molecule has 22 N–H and O–H groups in total. The van der Waals surface area contributed by atoms with Crippen LogP contribution in [0.15, 0.2) is 72.8 Å². The van der Waals surface area contributed by atoms with Crippen molar-refractivity contribution in [2.45, 2.75) is 335 Å². The molecule has 24 rings (SSSR count). The van der Waals surface area contributed by atoms with E-state index in [1.807, 2.05) is 37.4 Å². The first-order valence-electron chi connectivity index (χ1n) is 50.3. The van der Waals surface area contributed by atoms with E-state index in [0.29, 0.717) is 68.9 Å². The number of nitrogens with zero attached hydrogens (tertiary/aromatic N) is 5. The Morgan fingerprint density at radius 2 is 0.662 bits per heavy atom. The van der Waals surface area contributed by atoms with Crippen LogP contribution in [0.25, 0.3) is 0 Å². The second-order valence-corrected chi connectivity index (χ2v) is 44.4. The number of likely N-dealkylation sites (N-methyl/N-ethyl adjacent to an activating group) is 1. The summed E-state index contributed by atoms with van der Waals surface area (Å²) >= 11 is 0. The van der Waals surface area contributed by atoms with Gasteiger partial charge >= 0.3 is 0 Å². The van der Waals surface area contributed by atoms with Gasteiger partial charge in [-0.25, -0.2) is 0 Å². The third kappa shape index (κ3) is 14.2. The number of nitrogens with two attached hydrogens (primary N) is 5. The Balaban J connectivity index is 0.000000104. The van der Waals surface area contributed by atoms with Gasteiger partial charge in [0.15, 0.2) is 0 Å². The minimum Gasteiger partial charge on any atom is -0.507 e. The smallest absolute Gasteiger partial charge is 0.252 e. The molecule has 6 saturated heterocycles. The summed E-state index contributed by atoms with van der Waals surface area (Å²) < 4.78 is 5.88. The number of hydrogen-bond donors (Lipinski definition) is 17. The van der Waals surface area contributed by atoms with E-state index >= 15 is 0 Å². The first-order chi connectivity index (χ1) is 63.5. The van der Waals surface area contributed by atoms with Crippen molar-refractivity contribution in [3.63, 3.8) is 0 Å². The number of ether oxygens (including phenoxy) is 1. The van der Waals surface area contributed by atoms with Crippen LogP contribution in [0.5, 0.6) is 28.7 Å². The summed E-state index contributed by atoms with van der Waals surface area (Å²) in [5, 5.41) is 135. The minimum absolute atomic E-state index is 0.00338. The molecule has 28 nitrogen and oxygen atoms in total. The van der Waals surface area contributed by atoms with Gasteiger partial charge in [-0.05, 0) is 295 Å². The highest BCUT2D eigenvalue weighted by Gasteiger charge is 2.71. The standard InChI is InChI=1S/2C22H30N2O4.C22H30N2O3.C21H28N2O3.C18H22N2O4/c23-20(26)16-6-5-14-12-17-22(27)8-2-1-7-21(22,18(14)19(16)25)9-10-24(17)13-15-4-3-11-28-15;23-20(27)16-5-4-14-10-17-22(28)7-6-15(25)11-21(22,18(14)19(16)26)8-9-24(17)12-13-2-1-3-13;23-20(26)16-7-6-15-12-17-22(27)9-2-1-8-21(22,18(15)19(16)25)10-11-24(17)13-14-4-3-5-14;22-19(25)15-6-5-14-11-16-21(26)8-2-1-7-20(21,17(14)18(15)24)9-10-23(16)12-13-3-4-13;1-20-7-6-17-9-11(21)4-5-18(17,24)13(20)8-10-2-3-12(16(19)23)15(22)14(10)17/h5-6,15,17,25,27H,1-4,7-13H2,(H2,23,26);4-5,13,15,17,25-26,28H,1-3,6-12H2,(H2,23,27);6-7,14,17,25,27H,1-5,8-13H2,(H2,23,26);5-6,13,16,24,26H,1-4,7-12H2,(H2,22,25);2-5,11,13,21-22,24H,6-9H2,1H3,(H2,19,23)/t15?,17-,21+,22-;15?,17-,21-,22-;17-,21+,22-;16-,20+,21-;11?,13-,17-,18-/m11111/s1. The summed E-state index contributed by atoms with van der Waals surface area (Å²) in [7, 11) is 1.98. The molecule has 6 aliphatic heterocycles. The maximum absolute atomic E-state index is 12.1. The van der Waals surface area contributed by atoms with Crippen LogP contribution in [-0.2, 0) is 63.9 Å². The number of likely N-dealkylation sites (tertiary alicyclic amines) is 5. The molecule has 0 radical (unpaired) electrons. The second-order valence-electron chi connectivity index (χ2n) is 44.4. The Kier molecular flexibility index (Phi) is 23.7. The van der Waals surface area contributed by atoms with Crippen LogP contribution < -0.4 is 28.7 Å². The number of benzene rings is 5. The molecule has 18 atom stereocenters. The van der Waals surface area contributed by atoms with Gasteiger partial charge in [0.2, 0.25) is 0 Å². The lowest BCUT2D eigenvalue weighted by atomic mass is 9.48. The molecule has 13 fully saturated rings. The van der Waals surface area contributed by atoms with Gasteiger partial charge in [-0.1, -0.05) is 93.9 Å². The van der Waals surface area contributed by atoms with Crippen molar-refractivity contribution in [2.75, 3.05) is 72.6 Å². The predicted molar refractivity (Wildman–Crippen MR) is 497 cm³/mol. The summed E-state index contributed by atoms with van der Waals surface area (Å²) in [4.78, 5) is 71.0. The van der Waals surface area contributed by atoms with Crippen molar-refractivity contribution in [3.8, 4) is 28.7 Å². The second kappa shape index (κ2) is 34.1. The number of aliphatic hydroxyl groups excluding tert-OH is 2. The molecule has 5 aromatic rings. The highest BCUT2D eigenvalue weighted by Crippen LogP contribution is 2.67. The maximum atomic E-state index is 12.1. The monoisotopic (exact) mass is 1830 g/mol. The largest absolute Gasteiger partial charge is 0.507 e. The van der Waals surface area contributed by atoms with Crippen molar-refractivity contribution in [3.05, 3.63) is 156 Å². The first-order valence-corrected chi connectivity index (χ1v) is 50.3. The minimum atomic E-state index is -1.19. The van der Waals surface area contributed by atoms with E-state index in [0.717, 1.165) is 250 Å². The first kappa shape index (κ1) is 92.4. The van der Waals surface area contributed by atoms with Crippen molar-refractivity contribution in [2.24, 2.45) is 46.4 Å². The number of carbonyl (C=O) groups excluding carboxylic acids is 5. The van der Waals surface area contributed by atoms with Crippen LogP contribution in [0.3, 0.4) is 0 Å². The number of aliphatic hydroxyl groups is 7. The molecule has 3 unspecified atom stereocenters. The maximum Gasteiger partial charge on any atom is 0.252 e. The molecule has 718 valence electrons. The fourth-order valence-electron chi connectivity index (χ4n) is 31.3. The van der Waals surface area contributed by atoms with E-state index < -0.39 is 96.8 Å². The Bertz CT molecular complexity index is 5480. The molecule has 5 amide bonds. The molecule has 28 heteroatoms. The number of hydrogen-bond acceptors (Lipinski definition) is 23. The van der Waals surface area contributed by atoms with Crippen molar-refractivity contribution in [1.82, 2.24) is 24.5 Å². The third-order valence-electron chi connectivity index (χ3n) is 38.3. The van der Waals surface area contributed by atoms with E-state index in [-0.39, 0.29) is 92.9 Å². The average molecular weight is 1830 g/mol. The molecule has 6 heterocycles. The van der Waals surface area contributed by atoms with E-state index in [2.05, 4.69) is 24.5 Å². The van der Waals surface area contributed by atoms with Crippen LogP contribution in [0.1, 0.15) is 306 Å². The van der Waals surface area contributed by atoms with Crippen LogP contribution in [-0.4, -0.2) is 264 Å². The third-order valence-corrected chi connectivity index (χ3v) is 38.3. The number of piperidine rings is 5. The van der Waals surface area contributed by atoms with Gasteiger partial charge in [-0.3, -0.25) is 48.5 Å². The lowest BCUT2D eigenvalue weighted by Gasteiger charge is -2.64. The quantitative estimate of drug-likeness (QED) is 0.0499. The highest BCUT2D eigenvalue weighted by atomic mass is 16.5. The number of amides is 5. The number of phenols is 5. The van der Waals surface area contributed by atoms with Crippen LogP contribution in [0.2, 0.25) is 0 Å². The van der Waals surface area contributed by atoms with Crippen LogP contribution >= 0.6 is 0 Å². The van der Waals surface area contributed by atoms with Gasteiger partial charge in [0.25, 0.3) is 29.5 Å². The Labute approximate surface area is 778 Å². The number of rotatable bonds is 13. The Hall–Kier alpha value is -8.33. The number of fused-ring (bicyclic) bond motifs is 5. The van der Waals surface area contributed by atoms with E-state index in [9.17, 15) is 85.3 Å². The van der Waals surface area contributed by atoms with Crippen molar-refractivity contribution >= 4 is 29.5 Å². The lowest BCUT2D eigenvalue weighted by Crippen LogP contribution is -2.73. The number of aromatic hydroxyl groups is 5. The van der Waals surface area contributed by atoms with Gasteiger partial charge in [0.1, 0.15) is 34.3 Å². The number of primary amides is 5. The van der Waals surface area contributed by atoms with E-state index in [1.54, 1.807) is 42.5 Å². The highest BCUT2D eigenvalue weighted by molar-refractivity contribution is 5.99. The molecule has 133 heavy (non-hydrogen) atoms. The van der Waals surface area contributed by atoms with E-state index in [4.69, 9.17) is 33.4 Å². The van der Waals surface area contributed by atoms with E-state index in [1.165, 1.54) is 51.4 Å². The van der Waals surface area contributed by atoms with Crippen LogP contribution in [0, 0.1) is 17.8 Å². The van der Waals surface area contributed by atoms with Gasteiger partial charge < -0.3 is 94.7 Å². The summed E-state index contributed by atoms with van der Waals surface area (Å²) in [6, 6.07) is 17.8. The molecule has 19 aliphatic rings. The van der Waals surface area contributed by atoms with Gasteiger partial charge in [0, 0.05) is 118 Å². The fraction of sp³-hybridized carbons (Fsp3) is 0.648. The predicted octanol–water partition coefficient (Wildman–Crippen LogP) is 7.86. The molecule has 5 aromatic carbocycles. The average Bonchev–Trinajstić information content (AvgIpc) is 1.32. The van der Waals surface area contributed by atoms with Gasteiger partial charge in [-0.2, -0.15) is 0 Å². The molecular formula is C105H140N10O18. The summed E-state index contributed by atoms with van der Waals surface area (Å²) in [5.74, 6) is -1.10. The van der Waals surface area contributed by atoms with Crippen molar-refractivity contribution < 1.29 is 90.0 Å². The SMILES string of the molecule is CN1CC[C@]23CC(O)C=C[C@@]2(O)[C@H]1Cc1ccc(C(N)=O)c(O)c13.NC(=O)c1ccc2c(c1O)[C@@]13CCCC[C@@]1(O)[C@@H](C2)N(CC1CC1)CC3.NC(=O)c1ccc2c(c1O)[C@@]13CCCC[C@@]1(O)[C@@H](C2)N(CC1CCC1)CC3.NC(=O)c1ccc2c(c1O)[C@@]13CCCC[C@@]1(O)[C@@H](C2)N(CC1CCCO1)CC3.NC(=O)c1ccc2c(c1O)[C@]13CCN(CC4CCC4)[C@H](C2)[C@]1(O)CCC(O)C3. The molecule has 0 aromatic heterocycles. The molecule has 13 aliphatic carbocycles.